The molecule has 2 aromatic heterocycles. The van der Waals surface area contributed by atoms with E-state index in [4.69, 9.17) is 34.2 Å². The molecule has 0 aliphatic carbocycles. The number of methoxy groups -OCH3 is 3. The molecule has 3 N–H and O–H groups in total. The highest BCUT2D eigenvalue weighted by molar-refractivity contribution is 5.81. The predicted molar refractivity (Wildman–Crippen MR) is 179 cm³/mol. The van der Waals surface area contributed by atoms with E-state index in [0.29, 0.717) is 11.5 Å². The zero-order valence-electron chi connectivity index (χ0n) is 28.0. The fourth-order valence-corrected chi connectivity index (χ4v) is 6.26. The molecule has 1 aliphatic heterocycles. The number of hydrogen-bond acceptors (Lipinski definition) is 12. The number of aliphatic carboxylic acids is 1. The average Bonchev–Trinajstić information content (AvgIpc) is 3.72. The molecule has 1 aliphatic rings. The van der Waals surface area contributed by atoms with Crippen LogP contribution in [0.5, 0.6) is 11.5 Å². The number of carboxylic acids is 1. The van der Waals surface area contributed by atoms with Crippen LogP contribution in [-0.2, 0) is 34.1 Å². The smallest absolute Gasteiger partial charge is 0.312 e. The summed E-state index contributed by atoms with van der Waals surface area (Å²) in [6.07, 6.45) is -4.75. The Bertz CT molecular complexity index is 1930. The number of rotatable bonds is 14. The highest BCUT2D eigenvalue weighted by atomic mass is 19.1. The number of carboxylic acid groups (broad SMARTS) is 1. The van der Waals surface area contributed by atoms with Gasteiger partial charge in [-0.25, -0.2) is 4.98 Å². The van der Waals surface area contributed by atoms with Crippen molar-refractivity contribution < 1.29 is 47.5 Å². The topological polar surface area (TPSA) is 179 Å². The highest BCUT2D eigenvalue weighted by Crippen LogP contribution is 2.43. The molecule has 4 atom stereocenters. The highest BCUT2D eigenvalue weighted by Gasteiger charge is 2.50. The average molecular weight is 702 g/mol. The van der Waals surface area contributed by atoms with E-state index < -0.39 is 61.0 Å². The van der Waals surface area contributed by atoms with Crippen LogP contribution in [0.25, 0.3) is 11.2 Å². The van der Waals surface area contributed by atoms with Crippen molar-refractivity contribution >= 4 is 28.9 Å². The van der Waals surface area contributed by atoms with E-state index in [1.165, 1.54) is 18.0 Å². The Hall–Kier alpha value is -5.64. The third kappa shape index (κ3) is 7.04. The lowest BCUT2D eigenvalue weighted by Crippen LogP contribution is -2.42. The molecule has 0 bridgehead atoms. The summed E-state index contributed by atoms with van der Waals surface area (Å²) in [6, 6.07) is 24.4. The molecule has 5 aromatic rings. The van der Waals surface area contributed by atoms with Gasteiger partial charge in [0.05, 0.1) is 40.0 Å². The van der Waals surface area contributed by atoms with Crippen LogP contribution in [-0.4, -0.2) is 82.8 Å². The van der Waals surface area contributed by atoms with Crippen molar-refractivity contribution in [2.45, 2.75) is 43.0 Å². The largest absolute Gasteiger partial charge is 0.497 e. The number of aromatic nitrogens is 4. The Balaban J connectivity index is 1.44. The normalized spacial score (nSPS) is 18.8. The summed E-state index contributed by atoms with van der Waals surface area (Å²) >= 11 is 0. The molecule has 0 spiro atoms. The Kier molecular flexibility index (Phi) is 10.4. The summed E-state index contributed by atoms with van der Waals surface area (Å²) in [5, 5.41) is 9.19. The lowest BCUT2D eigenvalue weighted by Gasteiger charge is -2.37. The van der Waals surface area contributed by atoms with Crippen molar-refractivity contribution in [1.29, 1.82) is 0 Å². The summed E-state index contributed by atoms with van der Waals surface area (Å²) in [4.78, 5) is 36.0. The Morgan fingerprint density at radius 1 is 0.882 bits per heavy atom. The van der Waals surface area contributed by atoms with Crippen LogP contribution < -0.4 is 15.2 Å². The molecule has 4 unspecified atom stereocenters. The number of imidazole rings is 1. The van der Waals surface area contributed by atoms with Crippen LogP contribution in [0.2, 0.25) is 0 Å². The fraction of sp³-hybridized carbons (Fsp3) is 0.306. The molecular weight excluding hydrogens is 665 g/mol. The van der Waals surface area contributed by atoms with E-state index in [1.54, 1.807) is 14.2 Å². The van der Waals surface area contributed by atoms with E-state index in [-0.39, 0.29) is 23.6 Å². The Morgan fingerprint density at radius 3 is 2.06 bits per heavy atom. The van der Waals surface area contributed by atoms with E-state index in [2.05, 4.69) is 15.0 Å². The number of nitrogen functional groups attached to an aromatic ring is 1. The Labute approximate surface area is 291 Å². The summed E-state index contributed by atoms with van der Waals surface area (Å²) in [7, 11) is 4.56. The second-order valence-corrected chi connectivity index (χ2v) is 11.6. The number of fused-ring (bicyclic) bond motifs is 1. The van der Waals surface area contributed by atoms with Gasteiger partial charge in [-0.15, -0.1) is 0 Å². The third-order valence-corrected chi connectivity index (χ3v) is 8.70. The summed E-state index contributed by atoms with van der Waals surface area (Å²) < 4.78 is 51.9. The van der Waals surface area contributed by atoms with Gasteiger partial charge in [0.25, 0.3) is 0 Å². The monoisotopic (exact) mass is 701 g/mol. The number of benzene rings is 3. The molecule has 0 saturated carbocycles. The van der Waals surface area contributed by atoms with Gasteiger partial charge in [0, 0.05) is 7.11 Å². The van der Waals surface area contributed by atoms with Crippen molar-refractivity contribution in [3.05, 3.63) is 108 Å². The van der Waals surface area contributed by atoms with Gasteiger partial charge >= 0.3 is 18.0 Å². The number of nitrogens with two attached hydrogens (primary N) is 1. The van der Waals surface area contributed by atoms with Crippen LogP contribution in [0.3, 0.4) is 0 Å². The molecule has 15 heteroatoms. The van der Waals surface area contributed by atoms with E-state index in [1.807, 2.05) is 78.9 Å². The first kappa shape index (κ1) is 35.2. The maximum absolute atomic E-state index is 14.4. The fourth-order valence-electron chi connectivity index (χ4n) is 6.26. The van der Waals surface area contributed by atoms with Crippen LogP contribution in [0, 0.1) is 6.08 Å². The molecule has 3 aromatic carbocycles. The quantitative estimate of drug-likeness (QED) is 0.0954. The zero-order valence-corrected chi connectivity index (χ0v) is 28.0. The number of hydrogen-bond donors (Lipinski definition) is 2. The van der Waals surface area contributed by atoms with E-state index in [0.717, 1.165) is 16.7 Å². The second-order valence-electron chi connectivity index (χ2n) is 11.6. The lowest BCUT2D eigenvalue weighted by atomic mass is 9.80. The van der Waals surface area contributed by atoms with Gasteiger partial charge in [0.2, 0.25) is 0 Å². The van der Waals surface area contributed by atoms with Gasteiger partial charge in [-0.2, -0.15) is 14.4 Å². The van der Waals surface area contributed by atoms with Crippen molar-refractivity contribution in [3.63, 3.8) is 0 Å². The number of anilines is 1. The third-order valence-electron chi connectivity index (χ3n) is 8.70. The molecule has 0 radical (unpaired) electrons. The number of ether oxygens (including phenoxy) is 6. The van der Waals surface area contributed by atoms with Crippen LogP contribution >= 0.6 is 0 Å². The first-order chi connectivity index (χ1) is 24.7. The Morgan fingerprint density at radius 2 is 1.49 bits per heavy atom. The molecule has 51 heavy (non-hydrogen) atoms. The van der Waals surface area contributed by atoms with Gasteiger partial charge in [-0.1, -0.05) is 54.6 Å². The van der Waals surface area contributed by atoms with Crippen LogP contribution in [0.15, 0.2) is 85.2 Å². The van der Waals surface area contributed by atoms with Gasteiger partial charge < -0.3 is 39.3 Å². The minimum atomic E-state index is -1.26. The molecular formula is C36H36FN5O9. The predicted octanol–water partition coefficient (Wildman–Crippen LogP) is 4.26. The van der Waals surface area contributed by atoms with Gasteiger partial charge in [-0.05, 0) is 41.0 Å². The standard InChI is InChI=1S/C36H36FN5O9/c1-46-24-13-9-22(10-14-24)36(21-7-5-4-6-8-21,23-11-15-25(47-2)16-12-23)49-19-26-30(51-28(45)18-17-27(43)44)31(48-3)34(50-26)42-20-39-29-32(38)40-35(37)41-33(29)42/h4-16,20,26,30-31,34H,17-19H2,1-3H3,(H,43,44)(H2,38,40,41). The number of halogens is 1. The summed E-state index contributed by atoms with van der Waals surface area (Å²) in [5.74, 6) is -0.839. The molecule has 1 saturated heterocycles. The first-order valence-corrected chi connectivity index (χ1v) is 15.9. The molecule has 1 fully saturated rings. The summed E-state index contributed by atoms with van der Waals surface area (Å²) in [5.41, 5.74) is 7.09. The van der Waals surface area contributed by atoms with Gasteiger partial charge in [0.15, 0.2) is 29.3 Å². The lowest BCUT2D eigenvalue weighted by molar-refractivity contribution is -0.161. The molecule has 3 heterocycles. The van der Waals surface area contributed by atoms with Crippen molar-refractivity contribution in [2.24, 2.45) is 0 Å². The van der Waals surface area contributed by atoms with Crippen molar-refractivity contribution in [3.8, 4) is 11.5 Å². The molecule has 0 amide bonds. The summed E-state index contributed by atoms with van der Waals surface area (Å²) in [6.45, 7) is -0.182. The number of esters is 1. The SMILES string of the molecule is COc1ccc(C(OCC2OC(n3cnc4c(N)nc(F)nc43)C(OC)C2OC(=O)CCC(=O)O)(c2ccccc2)c2ccc(OC)cc2)cc1. The number of nitrogens with zero attached hydrogens (tertiary/aromatic N) is 4. The van der Waals surface area contributed by atoms with Gasteiger partial charge in [-0.3, -0.25) is 14.2 Å². The van der Waals surface area contributed by atoms with Crippen LogP contribution in [0.4, 0.5) is 10.2 Å². The maximum atomic E-state index is 14.4. The van der Waals surface area contributed by atoms with E-state index >= 15 is 0 Å². The maximum Gasteiger partial charge on any atom is 0.312 e. The molecule has 6 rings (SSSR count). The first-order valence-electron chi connectivity index (χ1n) is 15.9. The zero-order chi connectivity index (χ0) is 36.1. The molecule has 266 valence electrons. The van der Waals surface area contributed by atoms with Gasteiger partial charge in [0.1, 0.15) is 29.3 Å². The number of carbonyl (C=O) groups excluding carboxylic acids is 1. The van der Waals surface area contributed by atoms with Crippen LogP contribution in [0.1, 0.15) is 35.8 Å². The minimum Gasteiger partial charge on any atom is -0.497 e. The van der Waals surface area contributed by atoms with Crippen molar-refractivity contribution in [2.75, 3.05) is 33.7 Å². The van der Waals surface area contributed by atoms with E-state index in [9.17, 15) is 19.1 Å². The molecule has 14 nitrogen and oxygen atoms in total. The minimum absolute atomic E-state index is 0.0275. The second kappa shape index (κ2) is 15.1. The van der Waals surface area contributed by atoms with Crippen molar-refractivity contribution in [1.82, 2.24) is 19.5 Å². The number of carbonyl (C=O) groups is 2.